The standard InChI is InChI=1S/C22H24N6O2/c1-13-15-11-17(29)27(3)19(15)24-21(23-13)22(2)9-6-10-28(12-22)20(30)18-14-7-4-5-8-16(14)25-26-18/h4-5,7-8H,6,9-12H2,1-3H3,(H,25,26)/t22-/m0/s1. The lowest BCUT2D eigenvalue weighted by atomic mass is 9.80. The van der Waals surface area contributed by atoms with Gasteiger partial charge in [0.05, 0.1) is 11.9 Å². The molecule has 2 aromatic heterocycles. The van der Waals surface area contributed by atoms with E-state index in [0.717, 1.165) is 35.0 Å². The largest absolute Gasteiger partial charge is 0.336 e. The Morgan fingerprint density at radius 2 is 2.03 bits per heavy atom. The first-order valence-electron chi connectivity index (χ1n) is 10.2. The summed E-state index contributed by atoms with van der Waals surface area (Å²) in [6.07, 6.45) is 2.10. The molecule has 0 aliphatic carbocycles. The van der Waals surface area contributed by atoms with Crippen LogP contribution in [0.1, 0.15) is 47.3 Å². The number of carbonyl (C=O) groups excluding carboxylic acids is 2. The van der Waals surface area contributed by atoms with Crippen LogP contribution in [0.2, 0.25) is 0 Å². The number of piperidine rings is 1. The molecule has 8 nitrogen and oxygen atoms in total. The number of amides is 2. The Morgan fingerprint density at radius 3 is 2.87 bits per heavy atom. The van der Waals surface area contributed by atoms with Gasteiger partial charge in [-0.2, -0.15) is 5.10 Å². The van der Waals surface area contributed by atoms with E-state index in [1.54, 1.807) is 11.9 Å². The average molecular weight is 404 g/mol. The van der Waals surface area contributed by atoms with Crippen LogP contribution in [0.3, 0.4) is 0 Å². The minimum atomic E-state index is -0.383. The molecule has 4 heterocycles. The number of anilines is 1. The summed E-state index contributed by atoms with van der Waals surface area (Å²) in [5, 5.41) is 8.06. The summed E-state index contributed by atoms with van der Waals surface area (Å²) in [5.74, 6) is 1.36. The average Bonchev–Trinajstić information content (AvgIpc) is 3.29. The number of nitrogens with zero attached hydrogens (tertiary/aromatic N) is 5. The molecule has 0 radical (unpaired) electrons. The van der Waals surface area contributed by atoms with Gasteiger partial charge in [0, 0.05) is 42.2 Å². The lowest BCUT2D eigenvalue weighted by Gasteiger charge is -2.39. The van der Waals surface area contributed by atoms with Crippen LogP contribution in [0.4, 0.5) is 5.82 Å². The third-order valence-corrected chi connectivity index (χ3v) is 6.41. The SMILES string of the molecule is Cc1nc([C@@]2(C)CCCN(C(=O)c3n[nH]c4ccccc34)C2)nc2c1CC(=O)N2C. The molecule has 1 atom stereocenters. The Labute approximate surface area is 174 Å². The normalized spacial score (nSPS) is 21.4. The highest BCUT2D eigenvalue weighted by Gasteiger charge is 2.40. The van der Waals surface area contributed by atoms with Crippen molar-refractivity contribution in [2.24, 2.45) is 0 Å². The maximum Gasteiger partial charge on any atom is 0.275 e. The van der Waals surface area contributed by atoms with Crippen molar-refractivity contribution in [2.75, 3.05) is 25.0 Å². The van der Waals surface area contributed by atoms with Gasteiger partial charge in [0.25, 0.3) is 5.91 Å². The second-order valence-corrected chi connectivity index (χ2v) is 8.57. The molecule has 1 fully saturated rings. The Morgan fingerprint density at radius 1 is 1.23 bits per heavy atom. The quantitative estimate of drug-likeness (QED) is 0.708. The molecule has 0 saturated carbocycles. The monoisotopic (exact) mass is 404 g/mol. The summed E-state index contributed by atoms with van der Waals surface area (Å²) >= 11 is 0. The van der Waals surface area contributed by atoms with Gasteiger partial charge in [-0.05, 0) is 25.8 Å². The lowest BCUT2D eigenvalue weighted by Crippen LogP contribution is -2.48. The Hall–Kier alpha value is -3.29. The number of nitrogens with one attached hydrogen (secondary N) is 1. The molecule has 8 heteroatoms. The van der Waals surface area contributed by atoms with E-state index < -0.39 is 0 Å². The number of carbonyl (C=O) groups is 2. The maximum absolute atomic E-state index is 13.3. The van der Waals surface area contributed by atoms with Crippen LogP contribution < -0.4 is 4.90 Å². The third kappa shape index (κ3) is 2.78. The molecular formula is C22H24N6O2. The Bertz CT molecular complexity index is 1190. The molecular weight excluding hydrogens is 380 g/mol. The van der Waals surface area contributed by atoms with Crippen molar-refractivity contribution in [3.8, 4) is 0 Å². The molecule has 3 aromatic rings. The van der Waals surface area contributed by atoms with Gasteiger partial charge in [-0.1, -0.05) is 25.1 Å². The number of likely N-dealkylation sites (tertiary alicyclic amines) is 1. The number of para-hydroxylation sites is 1. The summed E-state index contributed by atoms with van der Waals surface area (Å²) in [7, 11) is 1.76. The fourth-order valence-electron chi connectivity index (χ4n) is 4.59. The van der Waals surface area contributed by atoms with Crippen LogP contribution in [0.25, 0.3) is 10.9 Å². The highest BCUT2D eigenvalue weighted by atomic mass is 16.2. The Kier molecular flexibility index (Phi) is 4.13. The van der Waals surface area contributed by atoms with E-state index in [-0.39, 0.29) is 17.2 Å². The van der Waals surface area contributed by atoms with E-state index in [4.69, 9.17) is 9.97 Å². The van der Waals surface area contributed by atoms with Crippen molar-refractivity contribution in [1.82, 2.24) is 25.1 Å². The topological polar surface area (TPSA) is 95.1 Å². The van der Waals surface area contributed by atoms with Crippen molar-refractivity contribution in [2.45, 2.75) is 38.5 Å². The fourth-order valence-corrected chi connectivity index (χ4v) is 4.59. The minimum absolute atomic E-state index is 0.0376. The summed E-state index contributed by atoms with van der Waals surface area (Å²) in [6, 6.07) is 7.66. The number of aromatic nitrogens is 4. The summed E-state index contributed by atoms with van der Waals surface area (Å²) in [4.78, 5) is 38.4. The Balaban J connectivity index is 1.47. The highest BCUT2D eigenvalue weighted by Crippen LogP contribution is 2.36. The summed E-state index contributed by atoms with van der Waals surface area (Å²) in [5.41, 5.74) is 2.67. The molecule has 0 bridgehead atoms. The van der Waals surface area contributed by atoms with Crippen molar-refractivity contribution in [3.63, 3.8) is 0 Å². The lowest BCUT2D eigenvalue weighted by molar-refractivity contribution is -0.117. The van der Waals surface area contributed by atoms with Crippen LogP contribution in [0, 0.1) is 6.92 Å². The smallest absolute Gasteiger partial charge is 0.275 e. The molecule has 0 spiro atoms. The molecule has 30 heavy (non-hydrogen) atoms. The van der Waals surface area contributed by atoms with Gasteiger partial charge in [-0.15, -0.1) is 0 Å². The van der Waals surface area contributed by atoms with E-state index in [1.165, 1.54) is 0 Å². The van der Waals surface area contributed by atoms with Crippen molar-refractivity contribution >= 4 is 28.5 Å². The molecule has 1 N–H and O–H groups in total. The molecule has 5 rings (SSSR count). The van der Waals surface area contributed by atoms with E-state index in [0.29, 0.717) is 36.8 Å². The first-order valence-corrected chi connectivity index (χ1v) is 10.2. The predicted octanol–water partition coefficient (Wildman–Crippen LogP) is 2.37. The van der Waals surface area contributed by atoms with E-state index >= 15 is 0 Å². The first-order chi connectivity index (χ1) is 14.4. The van der Waals surface area contributed by atoms with Gasteiger partial charge in [-0.3, -0.25) is 19.6 Å². The number of hydrogen-bond acceptors (Lipinski definition) is 5. The number of rotatable bonds is 2. The van der Waals surface area contributed by atoms with Crippen molar-refractivity contribution in [1.29, 1.82) is 0 Å². The van der Waals surface area contributed by atoms with Crippen molar-refractivity contribution < 1.29 is 9.59 Å². The zero-order valence-electron chi connectivity index (χ0n) is 17.4. The van der Waals surface area contributed by atoms with Gasteiger partial charge in [0.15, 0.2) is 5.69 Å². The number of benzene rings is 1. The molecule has 2 aliphatic rings. The number of aromatic amines is 1. The predicted molar refractivity (Wildman–Crippen MR) is 112 cm³/mol. The van der Waals surface area contributed by atoms with Crippen molar-refractivity contribution in [3.05, 3.63) is 47.0 Å². The zero-order chi connectivity index (χ0) is 21.0. The summed E-state index contributed by atoms with van der Waals surface area (Å²) in [6.45, 7) is 5.23. The highest BCUT2D eigenvalue weighted by molar-refractivity contribution is 6.04. The fraction of sp³-hybridized carbons (Fsp3) is 0.409. The molecule has 1 saturated heterocycles. The van der Waals surface area contributed by atoms with Crippen LogP contribution in [0.5, 0.6) is 0 Å². The van der Waals surface area contributed by atoms with Gasteiger partial charge < -0.3 is 4.90 Å². The van der Waals surface area contributed by atoms with Gasteiger partial charge >= 0.3 is 0 Å². The second-order valence-electron chi connectivity index (χ2n) is 8.57. The first kappa shape index (κ1) is 18.7. The van der Waals surface area contributed by atoms with Crippen LogP contribution in [-0.2, 0) is 16.6 Å². The summed E-state index contributed by atoms with van der Waals surface area (Å²) < 4.78 is 0. The zero-order valence-corrected chi connectivity index (χ0v) is 17.4. The van der Waals surface area contributed by atoms with Crippen LogP contribution in [-0.4, -0.2) is 57.0 Å². The number of fused-ring (bicyclic) bond motifs is 2. The molecule has 2 aliphatic heterocycles. The molecule has 154 valence electrons. The molecule has 0 unspecified atom stereocenters. The second kappa shape index (κ2) is 6.62. The number of H-pyrrole nitrogens is 1. The third-order valence-electron chi connectivity index (χ3n) is 6.41. The van der Waals surface area contributed by atoms with Gasteiger partial charge in [0.2, 0.25) is 5.91 Å². The van der Waals surface area contributed by atoms with Gasteiger partial charge in [0.1, 0.15) is 11.6 Å². The van der Waals surface area contributed by atoms with E-state index in [1.807, 2.05) is 36.1 Å². The number of hydrogen-bond donors (Lipinski definition) is 1. The van der Waals surface area contributed by atoms with Crippen LogP contribution in [0.15, 0.2) is 24.3 Å². The van der Waals surface area contributed by atoms with E-state index in [9.17, 15) is 9.59 Å². The maximum atomic E-state index is 13.3. The van der Waals surface area contributed by atoms with Gasteiger partial charge in [-0.25, -0.2) is 9.97 Å². The minimum Gasteiger partial charge on any atom is -0.336 e. The van der Waals surface area contributed by atoms with Crippen LogP contribution >= 0.6 is 0 Å². The number of likely N-dealkylation sites (N-methyl/N-ethyl adjacent to an activating group) is 1. The van der Waals surface area contributed by atoms with E-state index in [2.05, 4.69) is 17.1 Å². The number of aryl methyl sites for hydroxylation is 1. The molecule has 2 amide bonds. The molecule has 1 aromatic carbocycles.